The molecule has 0 atom stereocenters. The first kappa shape index (κ1) is 25.7. The number of methoxy groups -OCH3 is 1. The SMILES string of the molecule is CC(C)c1ccccc1C(C)C.COc1ccc(-c2ccc(C(C)C)c(C(C)C)c2)cc1. The molecule has 172 valence electrons. The van der Waals surface area contributed by atoms with Crippen LogP contribution in [-0.2, 0) is 0 Å². The van der Waals surface area contributed by atoms with Gasteiger partial charge in [-0.3, -0.25) is 0 Å². The molecule has 0 aliphatic heterocycles. The maximum Gasteiger partial charge on any atom is 0.118 e. The van der Waals surface area contributed by atoms with Crippen molar-refractivity contribution >= 4 is 0 Å². The molecule has 0 bridgehead atoms. The van der Waals surface area contributed by atoms with Crippen LogP contribution < -0.4 is 4.74 Å². The van der Waals surface area contributed by atoms with Crippen molar-refractivity contribution in [2.45, 2.75) is 79.1 Å². The van der Waals surface area contributed by atoms with Crippen LogP contribution in [0.25, 0.3) is 11.1 Å². The van der Waals surface area contributed by atoms with Gasteiger partial charge in [-0.15, -0.1) is 0 Å². The van der Waals surface area contributed by atoms with E-state index in [1.165, 1.54) is 33.4 Å². The Labute approximate surface area is 196 Å². The minimum Gasteiger partial charge on any atom is -0.497 e. The normalized spacial score (nSPS) is 11.2. The molecular formula is C31H42O. The molecule has 0 heterocycles. The highest BCUT2D eigenvalue weighted by Crippen LogP contribution is 2.31. The molecule has 0 N–H and O–H groups in total. The molecule has 0 spiro atoms. The number of rotatable bonds is 6. The van der Waals surface area contributed by atoms with Gasteiger partial charge >= 0.3 is 0 Å². The summed E-state index contributed by atoms with van der Waals surface area (Å²) in [4.78, 5) is 0. The van der Waals surface area contributed by atoms with E-state index < -0.39 is 0 Å². The summed E-state index contributed by atoms with van der Waals surface area (Å²) in [6, 6.07) is 23.8. The van der Waals surface area contributed by atoms with Crippen molar-refractivity contribution in [3.8, 4) is 16.9 Å². The first-order valence-electron chi connectivity index (χ1n) is 12.0. The summed E-state index contributed by atoms with van der Waals surface area (Å²) in [5.74, 6) is 3.30. The summed E-state index contributed by atoms with van der Waals surface area (Å²) in [6.07, 6.45) is 0. The lowest BCUT2D eigenvalue weighted by Crippen LogP contribution is -1.99. The van der Waals surface area contributed by atoms with Crippen LogP contribution in [0.2, 0.25) is 0 Å². The molecule has 3 rings (SSSR count). The maximum atomic E-state index is 5.22. The molecule has 1 nitrogen and oxygen atoms in total. The molecule has 32 heavy (non-hydrogen) atoms. The fourth-order valence-corrected chi connectivity index (χ4v) is 4.13. The third kappa shape index (κ3) is 6.73. The Balaban J connectivity index is 0.000000258. The van der Waals surface area contributed by atoms with Gasteiger partial charge in [-0.25, -0.2) is 0 Å². The Kier molecular flexibility index (Phi) is 9.57. The molecule has 0 saturated carbocycles. The lowest BCUT2D eigenvalue weighted by Gasteiger charge is -2.17. The highest BCUT2D eigenvalue weighted by molar-refractivity contribution is 5.66. The summed E-state index contributed by atoms with van der Waals surface area (Å²) in [6.45, 7) is 18.0. The quantitative estimate of drug-likeness (QED) is 0.378. The van der Waals surface area contributed by atoms with Crippen LogP contribution in [0.15, 0.2) is 66.7 Å². The van der Waals surface area contributed by atoms with E-state index in [1.807, 2.05) is 12.1 Å². The summed E-state index contributed by atoms with van der Waals surface area (Å²) in [5, 5.41) is 0. The van der Waals surface area contributed by atoms with E-state index in [0.717, 1.165) is 5.75 Å². The molecule has 0 aromatic heterocycles. The van der Waals surface area contributed by atoms with Gasteiger partial charge in [0.05, 0.1) is 7.11 Å². The van der Waals surface area contributed by atoms with Crippen LogP contribution in [0.4, 0.5) is 0 Å². The van der Waals surface area contributed by atoms with Crippen molar-refractivity contribution in [2.75, 3.05) is 7.11 Å². The van der Waals surface area contributed by atoms with E-state index in [1.54, 1.807) is 7.11 Å². The molecule has 3 aromatic rings. The van der Waals surface area contributed by atoms with Gasteiger partial charge < -0.3 is 4.74 Å². The van der Waals surface area contributed by atoms with Crippen molar-refractivity contribution in [3.63, 3.8) is 0 Å². The van der Waals surface area contributed by atoms with Gasteiger partial charge in [0, 0.05) is 0 Å². The van der Waals surface area contributed by atoms with E-state index in [-0.39, 0.29) is 0 Å². The fraction of sp³-hybridized carbons (Fsp3) is 0.419. The Bertz CT molecular complexity index is 935. The Morgan fingerprint density at radius 2 is 0.875 bits per heavy atom. The van der Waals surface area contributed by atoms with E-state index in [2.05, 4.69) is 110 Å². The second-order valence-corrected chi connectivity index (χ2v) is 9.82. The predicted molar refractivity (Wildman–Crippen MR) is 141 cm³/mol. The monoisotopic (exact) mass is 430 g/mol. The molecule has 0 radical (unpaired) electrons. The van der Waals surface area contributed by atoms with Crippen LogP contribution in [0.1, 0.15) is 101 Å². The van der Waals surface area contributed by atoms with Gasteiger partial charge in [0.25, 0.3) is 0 Å². The average molecular weight is 431 g/mol. The van der Waals surface area contributed by atoms with Gasteiger partial charge in [0.1, 0.15) is 5.75 Å². The lowest BCUT2D eigenvalue weighted by molar-refractivity contribution is 0.415. The summed E-state index contributed by atoms with van der Waals surface area (Å²) >= 11 is 0. The molecule has 0 saturated heterocycles. The van der Waals surface area contributed by atoms with Gasteiger partial charge in [-0.05, 0) is 69.2 Å². The minimum absolute atomic E-state index is 0.547. The fourth-order valence-electron chi connectivity index (χ4n) is 4.13. The predicted octanol–water partition coefficient (Wildman–Crippen LogP) is 9.54. The van der Waals surface area contributed by atoms with Crippen molar-refractivity contribution in [1.29, 1.82) is 0 Å². The average Bonchev–Trinajstić information content (AvgIpc) is 2.79. The molecule has 0 aliphatic carbocycles. The number of hydrogen-bond donors (Lipinski definition) is 0. The van der Waals surface area contributed by atoms with E-state index in [9.17, 15) is 0 Å². The molecule has 0 unspecified atom stereocenters. The van der Waals surface area contributed by atoms with Crippen LogP contribution in [0.5, 0.6) is 5.75 Å². The van der Waals surface area contributed by atoms with E-state index in [4.69, 9.17) is 4.74 Å². The topological polar surface area (TPSA) is 9.23 Å². The van der Waals surface area contributed by atoms with E-state index in [0.29, 0.717) is 23.7 Å². The standard InChI is InChI=1S/C19H24O.C12H18/c1-13(2)18-11-8-16(12-19(18)14(3)4)15-6-9-17(20-5)10-7-15;1-9(2)11-7-5-6-8-12(11)10(3)4/h6-14H,1-5H3;5-10H,1-4H3. The highest BCUT2D eigenvalue weighted by atomic mass is 16.5. The van der Waals surface area contributed by atoms with Crippen molar-refractivity contribution in [1.82, 2.24) is 0 Å². The number of ether oxygens (including phenoxy) is 1. The van der Waals surface area contributed by atoms with Crippen LogP contribution in [0.3, 0.4) is 0 Å². The number of benzene rings is 3. The molecule has 0 aliphatic rings. The third-order valence-corrected chi connectivity index (χ3v) is 5.99. The van der Waals surface area contributed by atoms with Gasteiger partial charge in [-0.1, -0.05) is 110 Å². The molecule has 0 amide bonds. The van der Waals surface area contributed by atoms with Gasteiger partial charge in [0.2, 0.25) is 0 Å². The summed E-state index contributed by atoms with van der Waals surface area (Å²) < 4.78 is 5.22. The zero-order valence-electron chi connectivity index (χ0n) is 21.6. The van der Waals surface area contributed by atoms with Crippen molar-refractivity contribution in [3.05, 3.63) is 89.0 Å². The first-order valence-corrected chi connectivity index (χ1v) is 12.0. The zero-order chi connectivity index (χ0) is 23.8. The summed E-state index contributed by atoms with van der Waals surface area (Å²) in [7, 11) is 1.70. The Morgan fingerprint density at radius 1 is 0.469 bits per heavy atom. The van der Waals surface area contributed by atoms with Crippen LogP contribution in [-0.4, -0.2) is 7.11 Å². The molecule has 0 fully saturated rings. The first-order chi connectivity index (χ1) is 15.1. The Hall–Kier alpha value is -2.54. The van der Waals surface area contributed by atoms with Crippen LogP contribution >= 0.6 is 0 Å². The highest BCUT2D eigenvalue weighted by Gasteiger charge is 2.11. The maximum absolute atomic E-state index is 5.22. The lowest BCUT2D eigenvalue weighted by atomic mass is 9.88. The van der Waals surface area contributed by atoms with Gasteiger partial charge in [0.15, 0.2) is 0 Å². The minimum atomic E-state index is 0.547. The van der Waals surface area contributed by atoms with E-state index >= 15 is 0 Å². The second-order valence-electron chi connectivity index (χ2n) is 9.82. The van der Waals surface area contributed by atoms with Crippen molar-refractivity contribution in [2.24, 2.45) is 0 Å². The molecule has 3 aromatic carbocycles. The zero-order valence-corrected chi connectivity index (χ0v) is 21.6. The molecular weight excluding hydrogens is 388 g/mol. The second kappa shape index (κ2) is 11.9. The smallest absolute Gasteiger partial charge is 0.118 e. The largest absolute Gasteiger partial charge is 0.497 e. The Morgan fingerprint density at radius 3 is 1.28 bits per heavy atom. The number of hydrogen-bond acceptors (Lipinski definition) is 1. The van der Waals surface area contributed by atoms with Crippen molar-refractivity contribution < 1.29 is 4.74 Å². The van der Waals surface area contributed by atoms with Gasteiger partial charge in [-0.2, -0.15) is 0 Å². The summed E-state index contributed by atoms with van der Waals surface area (Å²) in [5.41, 5.74) is 8.41. The van der Waals surface area contributed by atoms with Crippen LogP contribution in [0, 0.1) is 0 Å². The molecule has 1 heteroatoms. The third-order valence-electron chi connectivity index (χ3n) is 5.99.